The molecule has 3 aliphatic heterocycles. The van der Waals surface area contributed by atoms with Crippen LogP contribution in [-0.4, -0.2) is 47.2 Å². The van der Waals surface area contributed by atoms with Crippen LogP contribution in [0, 0.1) is 11.8 Å². The Morgan fingerprint density at radius 2 is 2.08 bits per heavy atom. The van der Waals surface area contributed by atoms with Crippen molar-refractivity contribution >= 4 is 5.91 Å². The summed E-state index contributed by atoms with van der Waals surface area (Å²) < 4.78 is 6.37. The van der Waals surface area contributed by atoms with E-state index in [0.29, 0.717) is 30.8 Å². The second-order valence-electron chi connectivity index (χ2n) is 7.94. The number of carbonyl (C=O) groups is 1. The average molecular weight is 328 g/mol. The third-order valence-electron chi connectivity index (χ3n) is 6.14. The smallest absolute Gasteiger partial charge is 0.225 e. The third-order valence-corrected chi connectivity index (χ3v) is 6.14. The summed E-state index contributed by atoms with van der Waals surface area (Å²) >= 11 is 0. The van der Waals surface area contributed by atoms with Gasteiger partial charge >= 0.3 is 0 Å². The molecule has 3 fully saturated rings. The van der Waals surface area contributed by atoms with Gasteiger partial charge in [0.25, 0.3) is 0 Å². The number of carbonyl (C=O) groups excluding carboxylic acids is 1. The van der Waals surface area contributed by atoms with Gasteiger partial charge in [-0.25, -0.2) is 0 Å². The maximum absolute atomic E-state index is 12.6. The molecule has 1 amide bonds. The van der Waals surface area contributed by atoms with Crippen LogP contribution >= 0.6 is 0 Å². The lowest BCUT2D eigenvalue weighted by molar-refractivity contribution is -0.193. The minimum Gasteiger partial charge on any atom is -0.353 e. The largest absolute Gasteiger partial charge is 0.353 e. The normalized spacial score (nSPS) is 33.6. The molecule has 3 saturated heterocycles. The number of likely N-dealkylation sites (tertiary alicyclic amines) is 1. The van der Waals surface area contributed by atoms with Crippen molar-refractivity contribution in [2.24, 2.45) is 11.8 Å². The standard InChI is InChI=1S/C20H28N2O2/c1-15(2)18-14-24-20-10-11-21(12-16-6-4-3-5-7-16)13-17(20)8-9-19(23)22(18)20/h3-7,15,17-18H,8-14H2,1-2H3/t17-,18-,20-/m1/s1. The second kappa shape index (κ2) is 6.16. The van der Waals surface area contributed by atoms with Gasteiger partial charge in [0.15, 0.2) is 0 Å². The zero-order valence-electron chi connectivity index (χ0n) is 14.8. The van der Waals surface area contributed by atoms with Crippen molar-refractivity contribution in [2.45, 2.75) is 51.4 Å². The van der Waals surface area contributed by atoms with Crippen LogP contribution in [0.15, 0.2) is 30.3 Å². The highest BCUT2D eigenvalue weighted by Crippen LogP contribution is 2.47. The Hall–Kier alpha value is -1.39. The third kappa shape index (κ3) is 2.56. The van der Waals surface area contributed by atoms with Gasteiger partial charge in [0, 0.05) is 38.4 Å². The van der Waals surface area contributed by atoms with Crippen LogP contribution in [0.3, 0.4) is 0 Å². The van der Waals surface area contributed by atoms with Gasteiger partial charge in [-0.1, -0.05) is 44.2 Å². The number of rotatable bonds is 3. The molecule has 4 nitrogen and oxygen atoms in total. The van der Waals surface area contributed by atoms with Crippen molar-refractivity contribution < 1.29 is 9.53 Å². The molecule has 0 unspecified atom stereocenters. The number of hydrogen-bond donors (Lipinski definition) is 0. The molecule has 1 spiro atoms. The lowest BCUT2D eigenvalue weighted by Gasteiger charge is -2.53. The topological polar surface area (TPSA) is 32.8 Å². The van der Waals surface area contributed by atoms with Gasteiger partial charge in [0.05, 0.1) is 12.6 Å². The number of amides is 1. The zero-order chi connectivity index (χ0) is 16.7. The van der Waals surface area contributed by atoms with Gasteiger partial charge < -0.3 is 9.64 Å². The van der Waals surface area contributed by atoms with Crippen molar-refractivity contribution in [1.29, 1.82) is 0 Å². The first-order valence-corrected chi connectivity index (χ1v) is 9.32. The molecule has 3 atom stereocenters. The van der Waals surface area contributed by atoms with Crippen LogP contribution in [0.1, 0.15) is 38.7 Å². The monoisotopic (exact) mass is 328 g/mol. The van der Waals surface area contributed by atoms with Crippen molar-refractivity contribution in [3.05, 3.63) is 35.9 Å². The van der Waals surface area contributed by atoms with Crippen LogP contribution in [0.4, 0.5) is 0 Å². The molecule has 0 saturated carbocycles. The maximum Gasteiger partial charge on any atom is 0.225 e. The van der Waals surface area contributed by atoms with Crippen molar-refractivity contribution in [2.75, 3.05) is 19.7 Å². The number of ether oxygens (including phenoxy) is 1. The van der Waals surface area contributed by atoms with Gasteiger partial charge in [-0.15, -0.1) is 0 Å². The summed E-state index contributed by atoms with van der Waals surface area (Å²) in [6, 6.07) is 10.9. The number of nitrogens with zero attached hydrogens (tertiary/aromatic N) is 2. The molecule has 24 heavy (non-hydrogen) atoms. The Kier molecular flexibility index (Phi) is 4.13. The second-order valence-corrected chi connectivity index (χ2v) is 7.94. The Morgan fingerprint density at radius 1 is 1.29 bits per heavy atom. The quantitative estimate of drug-likeness (QED) is 0.855. The number of hydrogen-bond acceptors (Lipinski definition) is 3. The molecule has 0 aromatic heterocycles. The average Bonchev–Trinajstić information content (AvgIpc) is 2.98. The predicted molar refractivity (Wildman–Crippen MR) is 93.2 cm³/mol. The molecule has 1 aromatic rings. The van der Waals surface area contributed by atoms with E-state index in [1.54, 1.807) is 0 Å². The van der Waals surface area contributed by atoms with Crippen LogP contribution in [0.2, 0.25) is 0 Å². The first-order valence-electron chi connectivity index (χ1n) is 9.32. The van der Waals surface area contributed by atoms with E-state index in [4.69, 9.17) is 4.74 Å². The number of benzene rings is 1. The summed E-state index contributed by atoms with van der Waals surface area (Å²) in [4.78, 5) is 17.3. The van der Waals surface area contributed by atoms with Gasteiger partial charge in [0.2, 0.25) is 5.91 Å². The molecule has 0 radical (unpaired) electrons. The molecule has 0 aliphatic carbocycles. The SMILES string of the molecule is CC(C)[C@H]1CO[C@]23CCN(Cc4ccccc4)C[C@H]2CCC(=O)N13. The molecule has 4 heteroatoms. The van der Waals surface area contributed by atoms with Crippen molar-refractivity contribution in [3.63, 3.8) is 0 Å². The van der Waals surface area contributed by atoms with Crippen LogP contribution < -0.4 is 0 Å². The molecule has 130 valence electrons. The first kappa shape index (κ1) is 16.1. The van der Waals surface area contributed by atoms with E-state index in [0.717, 1.165) is 32.5 Å². The van der Waals surface area contributed by atoms with Crippen molar-refractivity contribution in [1.82, 2.24) is 9.80 Å². The van der Waals surface area contributed by atoms with Gasteiger partial charge in [0.1, 0.15) is 5.72 Å². The highest BCUT2D eigenvalue weighted by atomic mass is 16.5. The Bertz CT molecular complexity index is 603. The molecule has 3 heterocycles. The van der Waals surface area contributed by atoms with Crippen molar-refractivity contribution in [3.8, 4) is 0 Å². The Balaban J connectivity index is 1.52. The van der Waals surface area contributed by atoms with Gasteiger partial charge in [-0.2, -0.15) is 0 Å². The van der Waals surface area contributed by atoms with E-state index in [1.165, 1.54) is 5.56 Å². The fraction of sp³-hybridized carbons (Fsp3) is 0.650. The summed E-state index contributed by atoms with van der Waals surface area (Å²) in [5.74, 6) is 1.20. The van der Waals surface area contributed by atoms with E-state index in [1.807, 2.05) is 0 Å². The summed E-state index contributed by atoms with van der Waals surface area (Å²) in [7, 11) is 0. The highest BCUT2D eigenvalue weighted by molar-refractivity contribution is 5.78. The molecular weight excluding hydrogens is 300 g/mol. The van der Waals surface area contributed by atoms with Crippen LogP contribution in [0.5, 0.6) is 0 Å². The molecule has 1 aromatic carbocycles. The Morgan fingerprint density at radius 3 is 2.83 bits per heavy atom. The summed E-state index contributed by atoms with van der Waals surface area (Å²) in [6.45, 7) is 8.14. The summed E-state index contributed by atoms with van der Waals surface area (Å²) in [5, 5.41) is 0. The molecule has 0 bridgehead atoms. The first-order chi connectivity index (χ1) is 11.6. The lowest BCUT2D eigenvalue weighted by Crippen LogP contribution is -2.65. The minimum absolute atomic E-state index is 0.251. The fourth-order valence-corrected chi connectivity index (χ4v) is 4.84. The molecule has 3 aliphatic rings. The fourth-order valence-electron chi connectivity index (χ4n) is 4.84. The summed E-state index contributed by atoms with van der Waals surface area (Å²) in [5.41, 5.74) is 1.04. The Labute approximate surface area is 144 Å². The van der Waals surface area contributed by atoms with E-state index in [9.17, 15) is 4.79 Å². The van der Waals surface area contributed by atoms with Crippen LogP contribution in [-0.2, 0) is 16.1 Å². The highest BCUT2D eigenvalue weighted by Gasteiger charge is 2.58. The molecular formula is C20H28N2O2. The lowest BCUT2D eigenvalue weighted by atomic mass is 9.79. The summed E-state index contributed by atoms with van der Waals surface area (Å²) in [6.07, 6.45) is 2.59. The zero-order valence-corrected chi connectivity index (χ0v) is 14.8. The maximum atomic E-state index is 12.6. The van der Waals surface area contributed by atoms with Gasteiger partial charge in [-0.3, -0.25) is 9.69 Å². The predicted octanol–water partition coefficient (Wildman–Crippen LogP) is 2.88. The van der Waals surface area contributed by atoms with Crippen LogP contribution in [0.25, 0.3) is 0 Å². The van der Waals surface area contributed by atoms with E-state index >= 15 is 0 Å². The van der Waals surface area contributed by atoms with E-state index in [-0.39, 0.29) is 11.8 Å². The minimum atomic E-state index is -0.322. The molecule has 0 N–H and O–H groups in total. The van der Waals surface area contributed by atoms with Gasteiger partial charge in [-0.05, 0) is 17.9 Å². The molecule has 4 rings (SSSR count). The van der Waals surface area contributed by atoms with E-state index < -0.39 is 0 Å². The number of piperidine rings is 2. The van der Waals surface area contributed by atoms with E-state index in [2.05, 4.69) is 54.0 Å².